The van der Waals surface area contributed by atoms with Gasteiger partial charge in [-0.1, -0.05) is 18.2 Å². The first kappa shape index (κ1) is 29.2. The molecule has 1 spiro atoms. The number of aliphatic carboxylic acids is 1. The molecule has 1 atom stereocenters. The molecule has 12 heteroatoms. The van der Waals surface area contributed by atoms with E-state index in [1.54, 1.807) is 33.0 Å². The van der Waals surface area contributed by atoms with E-state index in [-0.39, 0.29) is 37.1 Å². The molecule has 1 fully saturated rings. The van der Waals surface area contributed by atoms with Crippen molar-refractivity contribution in [3.63, 3.8) is 0 Å². The monoisotopic (exact) mass is 605 g/mol. The fourth-order valence-electron chi connectivity index (χ4n) is 6.06. The van der Waals surface area contributed by atoms with E-state index in [1.807, 2.05) is 55.6 Å². The maximum Gasteiger partial charge on any atom is 0.310 e. The molecule has 2 aliphatic heterocycles. The van der Waals surface area contributed by atoms with Gasteiger partial charge in [0.25, 0.3) is 0 Å². The Hall–Kier alpha value is -3.87. The van der Waals surface area contributed by atoms with Crippen LogP contribution in [0.3, 0.4) is 0 Å². The van der Waals surface area contributed by atoms with Crippen molar-refractivity contribution in [2.45, 2.75) is 64.5 Å². The Morgan fingerprint density at radius 3 is 2.53 bits per heavy atom. The van der Waals surface area contributed by atoms with Gasteiger partial charge in [-0.2, -0.15) is 4.31 Å². The van der Waals surface area contributed by atoms with Gasteiger partial charge in [0.1, 0.15) is 10.7 Å². The zero-order valence-electron chi connectivity index (χ0n) is 25.1. The second kappa shape index (κ2) is 10.1. The lowest BCUT2D eigenvalue weighted by molar-refractivity contribution is -0.166. The number of ether oxygens (including phenoxy) is 2. The minimum atomic E-state index is -3.98. The number of rotatable bonds is 6. The molecule has 0 radical (unpaired) electrons. The standard InChI is InChI=1S/C31H35N5O6S/c1-18-11-25-28(32-13-18)42-31(16-41-17-31)15-35(43(25,39)40)14-23-12-22(8-7-19(23)2)26(30(5,6)29(37)38)24-9-10-36-21(4)33-34-27(36)20(24)3/h7-13,26H,14-17H2,1-6H3,(H,37,38)/t26-/m0/s1. The van der Waals surface area contributed by atoms with Gasteiger partial charge in [0.05, 0.1) is 25.2 Å². The van der Waals surface area contributed by atoms with Crippen molar-refractivity contribution in [1.29, 1.82) is 0 Å². The maximum absolute atomic E-state index is 14.1. The molecule has 0 bridgehead atoms. The third-order valence-electron chi connectivity index (χ3n) is 8.76. The van der Waals surface area contributed by atoms with Crippen LogP contribution in [0.5, 0.6) is 5.88 Å². The number of hydrogen-bond acceptors (Lipinski definition) is 8. The van der Waals surface area contributed by atoms with E-state index in [4.69, 9.17) is 9.47 Å². The predicted octanol–water partition coefficient (Wildman–Crippen LogP) is 3.95. The van der Waals surface area contributed by atoms with Crippen LogP contribution in [0.4, 0.5) is 0 Å². The number of benzene rings is 1. The van der Waals surface area contributed by atoms with E-state index in [9.17, 15) is 18.3 Å². The van der Waals surface area contributed by atoms with Gasteiger partial charge >= 0.3 is 5.97 Å². The average Bonchev–Trinajstić information content (AvgIpc) is 3.27. The number of nitrogens with zero attached hydrogens (tertiary/aromatic N) is 5. The molecule has 3 aromatic heterocycles. The molecular weight excluding hydrogens is 570 g/mol. The molecule has 226 valence electrons. The highest BCUT2D eigenvalue weighted by Crippen LogP contribution is 2.44. The number of aromatic nitrogens is 4. The second-order valence-electron chi connectivity index (χ2n) is 12.3. The predicted molar refractivity (Wildman–Crippen MR) is 158 cm³/mol. The van der Waals surface area contributed by atoms with Gasteiger partial charge in [-0.15, -0.1) is 10.2 Å². The molecule has 1 aromatic carbocycles. The minimum absolute atomic E-state index is 0.0301. The van der Waals surface area contributed by atoms with Crippen LogP contribution < -0.4 is 4.74 Å². The molecule has 1 saturated heterocycles. The molecule has 43 heavy (non-hydrogen) atoms. The van der Waals surface area contributed by atoms with Crippen molar-refractivity contribution < 1.29 is 27.8 Å². The van der Waals surface area contributed by atoms with Gasteiger partial charge in [-0.05, 0) is 87.1 Å². The molecule has 2 aliphatic rings. The summed E-state index contributed by atoms with van der Waals surface area (Å²) in [7, 11) is -3.98. The number of carboxylic acids is 1. The zero-order valence-corrected chi connectivity index (χ0v) is 25.9. The summed E-state index contributed by atoms with van der Waals surface area (Å²) in [5, 5.41) is 18.9. The number of fused-ring (bicyclic) bond motifs is 2. The Kier molecular flexibility index (Phi) is 6.86. The number of sulfonamides is 1. The molecule has 0 unspecified atom stereocenters. The summed E-state index contributed by atoms with van der Waals surface area (Å²) < 4.78 is 43.1. The van der Waals surface area contributed by atoms with E-state index in [0.29, 0.717) is 11.2 Å². The van der Waals surface area contributed by atoms with E-state index >= 15 is 0 Å². The Balaban J connectivity index is 1.46. The average molecular weight is 606 g/mol. The van der Waals surface area contributed by atoms with Crippen LogP contribution in [0.15, 0.2) is 47.6 Å². The first-order valence-corrected chi connectivity index (χ1v) is 15.5. The third kappa shape index (κ3) is 4.77. The maximum atomic E-state index is 14.1. The van der Waals surface area contributed by atoms with Gasteiger partial charge in [-0.25, -0.2) is 13.4 Å². The van der Waals surface area contributed by atoms with Crippen LogP contribution in [0, 0.1) is 33.1 Å². The highest BCUT2D eigenvalue weighted by atomic mass is 32.2. The lowest BCUT2D eigenvalue weighted by Gasteiger charge is -2.41. The Bertz CT molecular complexity index is 1880. The topological polar surface area (TPSA) is 136 Å². The van der Waals surface area contributed by atoms with Crippen LogP contribution in [-0.4, -0.2) is 68.7 Å². The summed E-state index contributed by atoms with van der Waals surface area (Å²) in [4.78, 5) is 17.0. The fraction of sp³-hybridized carbons (Fsp3) is 0.419. The Labute approximate surface area is 250 Å². The quantitative estimate of drug-likeness (QED) is 0.346. The van der Waals surface area contributed by atoms with Crippen molar-refractivity contribution in [2.75, 3.05) is 19.8 Å². The summed E-state index contributed by atoms with van der Waals surface area (Å²) in [5.41, 5.74) is 3.41. The molecule has 5 heterocycles. The lowest BCUT2D eigenvalue weighted by Crippen LogP contribution is -2.60. The first-order valence-electron chi connectivity index (χ1n) is 14.1. The van der Waals surface area contributed by atoms with Crippen molar-refractivity contribution in [2.24, 2.45) is 5.41 Å². The summed E-state index contributed by atoms with van der Waals surface area (Å²) >= 11 is 0. The van der Waals surface area contributed by atoms with Crippen molar-refractivity contribution in [3.8, 4) is 5.88 Å². The molecule has 4 aromatic rings. The molecule has 0 saturated carbocycles. The SMILES string of the molecule is Cc1cnc2c(c1)S(=O)(=O)N(Cc1cc([C@@H](c3ccn4c(C)nnc4c3C)C(C)(C)C(=O)O)ccc1C)CC1(COC1)O2. The van der Waals surface area contributed by atoms with Gasteiger partial charge in [0.2, 0.25) is 15.9 Å². The van der Waals surface area contributed by atoms with Gasteiger partial charge in [0.15, 0.2) is 11.2 Å². The summed E-state index contributed by atoms with van der Waals surface area (Å²) in [6.45, 7) is 11.6. The van der Waals surface area contributed by atoms with Crippen LogP contribution in [0.2, 0.25) is 0 Å². The molecule has 11 nitrogen and oxygen atoms in total. The smallest absolute Gasteiger partial charge is 0.310 e. The number of pyridine rings is 2. The first-order chi connectivity index (χ1) is 20.2. The van der Waals surface area contributed by atoms with E-state index < -0.39 is 32.9 Å². The summed E-state index contributed by atoms with van der Waals surface area (Å²) in [5.74, 6) is -0.690. The van der Waals surface area contributed by atoms with Crippen molar-refractivity contribution in [1.82, 2.24) is 23.9 Å². The Morgan fingerprint density at radius 2 is 1.86 bits per heavy atom. The third-order valence-corrected chi connectivity index (χ3v) is 10.5. The van der Waals surface area contributed by atoms with Crippen LogP contribution >= 0.6 is 0 Å². The van der Waals surface area contributed by atoms with Gasteiger partial charge < -0.3 is 14.6 Å². The zero-order chi connectivity index (χ0) is 30.9. The molecular formula is C31H35N5O6S. The largest absolute Gasteiger partial charge is 0.481 e. The normalized spacial score (nSPS) is 18.5. The molecule has 0 aliphatic carbocycles. The lowest BCUT2D eigenvalue weighted by atomic mass is 9.70. The highest BCUT2D eigenvalue weighted by molar-refractivity contribution is 7.89. The number of aryl methyl sites for hydroxylation is 4. The van der Waals surface area contributed by atoms with Crippen LogP contribution in [-0.2, 0) is 26.1 Å². The van der Waals surface area contributed by atoms with E-state index in [0.717, 1.165) is 33.6 Å². The number of hydrogen-bond donors (Lipinski definition) is 1. The molecule has 1 N–H and O–H groups in total. The molecule has 6 rings (SSSR count). The minimum Gasteiger partial charge on any atom is -0.481 e. The second-order valence-corrected chi connectivity index (χ2v) is 14.3. The van der Waals surface area contributed by atoms with Crippen molar-refractivity contribution >= 4 is 21.6 Å². The van der Waals surface area contributed by atoms with Gasteiger partial charge in [-0.3, -0.25) is 9.20 Å². The number of carbonyl (C=O) groups is 1. The summed E-state index contributed by atoms with van der Waals surface area (Å²) in [6, 6.07) is 9.30. The van der Waals surface area contributed by atoms with Crippen molar-refractivity contribution in [3.05, 3.63) is 81.9 Å². The van der Waals surface area contributed by atoms with E-state index in [2.05, 4.69) is 15.2 Å². The highest BCUT2D eigenvalue weighted by Gasteiger charge is 2.49. The van der Waals surface area contributed by atoms with Crippen LogP contribution in [0.25, 0.3) is 5.65 Å². The van der Waals surface area contributed by atoms with Crippen LogP contribution in [0.1, 0.15) is 59.0 Å². The van der Waals surface area contributed by atoms with E-state index in [1.165, 1.54) is 4.31 Å². The summed E-state index contributed by atoms with van der Waals surface area (Å²) in [6.07, 6.45) is 3.46. The number of carboxylic acid groups (broad SMARTS) is 1. The fourth-order valence-corrected chi connectivity index (χ4v) is 7.70. The molecule has 0 amide bonds. The van der Waals surface area contributed by atoms with Gasteiger partial charge in [0, 0.05) is 24.9 Å². The Morgan fingerprint density at radius 1 is 1.12 bits per heavy atom.